The second-order valence-electron chi connectivity index (χ2n) is 10.1. The molecule has 0 bridgehead atoms. The van der Waals surface area contributed by atoms with Gasteiger partial charge >= 0.3 is 5.97 Å². The third-order valence-electron chi connectivity index (χ3n) is 6.39. The Kier molecular flexibility index (Phi) is 7.76. The first-order chi connectivity index (χ1) is 17.1. The first-order valence-electron chi connectivity index (χ1n) is 12.5. The summed E-state index contributed by atoms with van der Waals surface area (Å²) in [7, 11) is 0. The molecular formula is C30H35NO5. The first kappa shape index (κ1) is 25.9. The summed E-state index contributed by atoms with van der Waals surface area (Å²) in [6.45, 7) is 9.68. The van der Waals surface area contributed by atoms with E-state index in [2.05, 4.69) is 5.32 Å². The Morgan fingerprint density at radius 3 is 2.56 bits per heavy atom. The molecule has 1 N–H and O–H groups in total. The lowest BCUT2D eigenvalue weighted by atomic mass is 9.96. The minimum absolute atomic E-state index is 0.100. The molecule has 0 spiro atoms. The molecule has 36 heavy (non-hydrogen) atoms. The number of aryl methyl sites for hydroxylation is 2. The van der Waals surface area contributed by atoms with Crippen LogP contribution in [0.25, 0.3) is 6.08 Å². The zero-order chi connectivity index (χ0) is 25.9. The van der Waals surface area contributed by atoms with Gasteiger partial charge in [-0.05, 0) is 76.8 Å². The molecule has 2 aliphatic rings. The van der Waals surface area contributed by atoms with Gasteiger partial charge in [-0.15, -0.1) is 0 Å². The molecule has 0 aromatic heterocycles. The summed E-state index contributed by atoms with van der Waals surface area (Å²) in [6.07, 6.45) is 7.39. The minimum Gasteiger partial charge on any atom is -0.452 e. The fourth-order valence-corrected chi connectivity index (χ4v) is 4.85. The van der Waals surface area contributed by atoms with Crippen LogP contribution in [-0.4, -0.2) is 42.0 Å². The number of amides is 1. The van der Waals surface area contributed by atoms with Gasteiger partial charge in [0.05, 0.1) is 11.7 Å². The Hall–Kier alpha value is -3.22. The highest BCUT2D eigenvalue weighted by Gasteiger charge is 2.45. The molecule has 2 aromatic carbocycles. The van der Waals surface area contributed by atoms with Gasteiger partial charge in [0.25, 0.3) is 5.91 Å². The summed E-state index contributed by atoms with van der Waals surface area (Å²) in [6, 6.07) is 12.8. The molecule has 1 amide bonds. The smallest absolute Gasteiger partial charge is 0.338 e. The fourth-order valence-electron chi connectivity index (χ4n) is 4.85. The standard InChI is InChI=1S/C30H35NO5/c1-19-17-20(2)26-23(18-19)14-10-16-25-27(36-30(4,5)35-25)24(15-9-11-21(3)31-28(26)32)34-29(33)22-12-7-6-8-13-22/h6-10,12-15,17-18,21,24-25,27H,11,16H2,1-5H3,(H,31,32)/b14-10+,15-9-/t21?,24?,25-,27?/m0/s1. The molecule has 0 saturated carbocycles. The average molecular weight is 490 g/mol. The largest absolute Gasteiger partial charge is 0.452 e. The molecule has 2 aromatic rings. The maximum atomic E-state index is 13.2. The maximum absolute atomic E-state index is 13.2. The van der Waals surface area contributed by atoms with Crippen LogP contribution in [0.15, 0.2) is 60.7 Å². The van der Waals surface area contributed by atoms with Crippen LogP contribution in [-0.2, 0) is 14.2 Å². The zero-order valence-corrected chi connectivity index (χ0v) is 21.6. The average Bonchev–Trinajstić information content (AvgIpc) is 3.12. The molecule has 2 heterocycles. The fraction of sp³-hybridized carbons (Fsp3) is 0.400. The van der Waals surface area contributed by atoms with Gasteiger partial charge in [0, 0.05) is 11.6 Å². The molecule has 4 rings (SSSR count). The number of esters is 1. The molecule has 6 nitrogen and oxygen atoms in total. The van der Waals surface area contributed by atoms with Gasteiger partial charge in [0.2, 0.25) is 0 Å². The highest BCUT2D eigenvalue weighted by atomic mass is 16.8. The lowest BCUT2D eigenvalue weighted by Gasteiger charge is -2.24. The van der Waals surface area contributed by atoms with E-state index in [0.29, 0.717) is 24.0 Å². The van der Waals surface area contributed by atoms with Crippen LogP contribution in [0.4, 0.5) is 0 Å². The molecule has 1 saturated heterocycles. The molecule has 3 unspecified atom stereocenters. The van der Waals surface area contributed by atoms with Crippen LogP contribution >= 0.6 is 0 Å². The van der Waals surface area contributed by atoms with Crippen molar-refractivity contribution in [2.45, 2.75) is 77.6 Å². The second kappa shape index (κ2) is 10.8. The third kappa shape index (κ3) is 6.12. The predicted octanol–water partition coefficient (Wildman–Crippen LogP) is 5.53. The summed E-state index contributed by atoms with van der Waals surface area (Å²) in [5.74, 6) is -1.34. The highest BCUT2D eigenvalue weighted by Crippen LogP contribution is 2.34. The monoisotopic (exact) mass is 489 g/mol. The summed E-state index contributed by atoms with van der Waals surface area (Å²) in [5.41, 5.74) is 4.05. The normalized spacial score (nSPS) is 27.6. The number of carbonyl (C=O) groups excluding carboxylic acids is 2. The Bertz CT molecular complexity index is 1170. The van der Waals surface area contributed by atoms with Gasteiger partial charge in [-0.25, -0.2) is 4.79 Å². The minimum atomic E-state index is -0.821. The van der Waals surface area contributed by atoms with Gasteiger partial charge in [-0.1, -0.05) is 54.1 Å². The van der Waals surface area contributed by atoms with Crippen LogP contribution in [0.5, 0.6) is 0 Å². The van der Waals surface area contributed by atoms with Crippen LogP contribution in [0, 0.1) is 13.8 Å². The van der Waals surface area contributed by atoms with Gasteiger partial charge < -0.3 is 19.5 Å². The summed E-state index contributed by atoms with van der Waals surface area (Å²) < 4.78 is 18.4. The van der Waals surface area contributed by atoms with E-state index in [1.807, 2.05) is 77.1 Å². The number of ether oxygens (including phenoxy) is 3. The zero-order valence-electron chi connectivity index (χ0n) is 21.6. The Morgan fingerprint density at radius 1 is 1.06 bits per heavy atom. The van der Waals surface area contributed by atoms with Crippen molar-refractivity contribution in [1.29, 1.82) is 0 Å². The lowest BCUT2D eigenvalue weighted by Crippen LogP contribution is -2.38. The van der Waals surface area contributed by atoms with Crippen molar-refractivity contribution >= 4 is 18.0 Å². The van der Waals surface area contributed by atoms with Crippen molar-refractivity contribution < 1.29 is 23.8 Å². The molecule has 2 aliphatic heterocycles. The molecule has 4 atom stereocenters. The maximum Gasteiger partial charge on any atom is 0.338 e. The van der Waals surface area contributed by atoms with E-state index < -0.39 is 24.0 Å². The van der Waals surface area contributed by atoms with Crippen molar-refractivity contribution in [3.05, 3.63) is 88.5 Å². The summed E-state index contributed by atoms with van der Waals surface area (Å²) >= 11 is 0. The summed E-state index contributed by atoms with van der Waals surface area (Å²) in [4.78, 5) is 26.1. The molecule has 1 fully saturated rings. The van der Waals surface area contributed by atoms with Crippen LogP contribution in [0.1, 0.15) is 71.0 Å². The first-order valence-corrected chi connectivity index (χ1v) is 12.5. The van der Waals surface area contributed by atoms with E-state index >= 15 is 0 Å². The van der Waals surface area contributed by atoms with Crippen molar-refractivity contribution in [3.63, 3.8) is 0 Å². The summed E-state index contributed by atoms with van der Waals surface area (Å²) in [5, 5.41) is 3.10. The van der Waals surface area contributed by atoms with E-state index in [1.165, 1.54) is 0 Å². The SMILES string of the molecule is Cc1cc(C)c2c(c1)/C=C/C[C@@H]1OC(C)(C)OC1C(OC(=O)c1ccccc1)/C=C\CC(C)NC2=O. The van der Waals surface area contributed by atoms with Crippen molar-refractivity contribution in [2.24, 2.45) is 0 Å². The molecule has 0 radical (unpaired) electrons. The van der Waals surface area contributed by atoms with Crippen molar-refractivity contribution in [1.82, 2.24) is 5.32 Å². The quantitative estimate of drug-likeness (QED) is 0.444. The number of nitrogens with one attached hydrogen (secondary N) is 1. The molecule has 190 valence electrons. The van der Waals surface area contributed by atoms with Gasteiger partial charge in [0.1, 0.15) is 12.2 Å². The number of hydrogen-bond acceptors (Lipinski definition) is 5. The van der Waals surface area contributed by atoms with E-state index in [9.17, 15) is 9.59 Å². The number of benzene rings is 2. The van der Waals surface area contributed by atoms with Gasteiger partial charge in [0.15, 0.2) is 5.79 Å². The predicted molar refractivity (Wildman–Crippen MR) is 140 cm³/mol. The Balaban J connectivity index is 1.68. The Labute approximate surface area is 213 Å². The number of hydrogen-bond donors (Lipinski definition) is 1. The molecule has 6 heteroatoms. The van der Waals surface area contributed by atoms with E-state index in [-0.39, 0.29) is 18.1 Å². The number of rotatable bonds is 2. The third-order valence-corrected chi connectivity index (χ3v) is 6.39. The van der Waals surface area contributed by atoms with E-state index in [4.69, 9.17) is 14.2 Å². The molecular weight excluding hydrogens is 454 g/mol. The molecule has 0 aliphatic carbocycles. The topological polar surface area (TPSA) is 73.9 Å². The van der Waals surface area contributed by atoms with Crippen molar-refractivity contribution in [2.75, 3.05) is 0 Å². The number of carbonyl (C=O) groups is 2. The number of fused-ring (bicyclic) bond motifs is 2. The van der Waals surface area contributed by atoms with Gasteiger partial charge in [-0.3, -0.25) is 4.79 Å². The van der Waals surface area contributed by atoms with Crippen LogP contribution in [0.3, 0.4) is 0 Å². The lowest BCUT2D eigenvalue weighted by molar-refractivity contribution is -0.152. The Morgan fingerprint density at radius 2 is 1.81 bits per heavy atom. The second-order valence-corrected chi connectivity index (χ2v) is 10.1. The van der Waals surface area contributed by atoms with Crippen molar-refractivity contribution in [3.8, 4) is 0 Å². The van der Waals surface area contributed by atoms with Crippen LogP contribution < -0.4 is 5.32 Å². The highest BCUT2D eigenvalue weighted by molar-refractivity contribution is 5.99. The van der Waals surface area contributed by atoms with Gasteiger partial charge in [-0.2, -0.15) is 0 Å². The van der Waals surface area contributed by atoms with E-state index in [1.54, 1.807) is 24.3 Å². The van der Waals surface area contributed by atoms with Crippen LogP contribution in [0.2, 0.25) is 0 Å². The van der Waals surface area contributed by atoms with E-state index in [0.717, 1.165) is 16.7 Å².